The van der Waals surface area contributed by atoms with Crippen molar-refractivity contribution < 1.29 is 14.6 Å². The summed E-state index contributed by atoms with van der Waals surface area (Å²) in [6, 6.07) is 6.05. The Morgan fingerprint density at radius 2 is 2.23 bits per heavy atom. The van der Waals surface area contributed by atoms with Crippen molar-refractivity contribution in [1.82, 2.24) is 4.90 Å². The van der Waals surface area contributed by atoms with Crippen molar-refractivity contribution in [1.29, 1.82) is 0 Å². The van der Waals surface area contributed by atoms with Crippen LogP contribution in [0.4, 0.5) is 5.69 Å². The third kappa shape index (κ3) is 1.77. The summed E-state index contributed by atoms with van der Waals surface area (Å²) >= 11 is 0. The molecule has 0 amide bonds. The maximum Gasteiger partial charge on any atom is 0.335 e. The van der Waals surface area contributed by atoms with E-state index in [-0.39, 0.29) is 22.5 Å². The highest BCUT2D eigenvalue weighted by atomic mass is 16.5. The summed E-state index contributed by atoms with van der Waals surface area (Å²) in [4.78, 5) is 15.4. The molecule has 0 unspecified atom stereocenters. The van der Waals surface area contributed by atoms with Crippen molar-refractivity contribution in [2.75, 3.05) is 25.5 Å². The molecule has 5 nitrogen and oxygen atoms in total. The van der Waals surface area contributed by atoms with E-state index in [0.717, 1.165) is 55.7 Å². The lowest BCUT2D eigenvalue weighted by atomic mass is 9.53. The molecule has 3 atom stereocenters. The number of hydrogen-bond acceptors (Lipinski definition) is 5. The van der Waals surface area contributed by atoms with Crippen LogP contribution in [0.25, 0.3) is 0 Å². The van der Waals surface area contributed by atoms with E-state index in [0.29, 0.717) is 6.04 Å². The molecule has 0 saturated carbocycles. The Morgan fingerprint density at radius 3 is 3.00 bits per heavy atom. The Kier molecular flexibility index (Phi) is 3.27. The highest BCUT2D eigenvalue weighted by molar-refractivity contribution is 5.93. The smallest absolute Gasteiger partial charge is 0.335 e. The van der Waals surface area contributed by atoms with Gasteiger partial charge in [-0.05, 0) is 62.2 Å². The average Bonchev–Trinajstić information content (AvgIpc) is 3.20. The summed E-state index contributed by atoms with van der Waals surface area (Å²) in [5.41, 5.74) is 3.96. The van der Waals surface area contributed by atoms with Gasteiger partial charge in [0, 0.05) is 23.5 Å². The summed E-state index contributed by atoms with van der Waals surface area (Å²) < 4.78 is 5.19. The number of benzene rings is 1. The third-order valence-corrected chi connectivity index (χ3v) is 7.48. The van der Waals surface area contributed by atoms with Gasteiger partial charge >= 0.3 is 5.97 Å². The molecule has 2 saturated heterocycles. The molecule has 26 heavy (non-hydrogen) atoms. The van der Waals surface area contributed by atoms with Gasteiger partial charge in [-0.1, -0.05) is 13.0 Å². The summed E-state index contributed by atoms with van der Waals surface area (Å²) in [5, 5.41) is 13.5. The van der Waals surface area contributed by atoms with Crippen LogP contribution < -0.4 is 5.32 Å². The van der Waals surface area contributed by atoms with Gasteiger partial charge in [0.15, 0.2) is 0 Å². The maximum atomic E-state index is 12.7. The minimum atomic E-state index is -0.209. The second-order valence-corrected chi connectivity index (χ2v) is 8.36. The number of carbonyl (C=O) groups excluding carboxylic acids is 1. The van der Waals surface area contributed by atoms with Crippen LogP contribution in [0.2, 0.25) is 0 Å². The molecule has 0 bridgehead atoms. The molecule has 1 aliphatic carbocycles. The Morgan fingerprint density at radius 1 is 1.38 bits per heavy atom. The van der Waals surface area contributed by atoms with Crippen molar-refractivity contribution in [3.05, 3.63) is 35.0 Å². The van der Waals surface area contributed by atoms with E-state index in [1.54, 1.807) is 12.1 Å². The number of rotatable bonds is 2. The number of anilines is 1. The molecule has 4 aliphatic rings. The van der Waals surface area contributed by atoms with E-state index < -0.39 is 0 Å². The van der Waals surface area contributed by atoms with Gasteiger partial charge < -0.3 is 15.2 Å². The number of ether oxygens (including phenoxy) is 1. The second-order valence-electron chi connectivity index (χ2n) is 8.36. The number of nitrogens with one attached hydrogen (secondary N) is 1. The second kappa shape index (κ2) is 5.26. The molecule has 1 aromatic carbocycles. The standard InChI is InChI=1S/C21H26N2O3/c1-3-20-7-4-9-23-10-8-21(19(20)23)15-6-5-13(24)11-16(15)22-17(21)14(12-20)18(25)26-2/h5-6,11,19,22,24H,3-4,7-10,12H2,1-2H3/t19-,20-,21-/m0/s1. The zero-order chi connectivity index (χ0) is 18.1. The van der Waals surface area contributed by atoms with Crippen LogP contribution in [-0.2, 0) is 14.9 Å². The van der Waals surface area contributed by atoms with Gasteiger partial charge in [0.1, 0.15) is 5.75 Å². The first-order valence-corrected chi connectivity index (χ1v) is 9.72. The van der Waals surface area contributed by atoms with Gasteiger partial charge in [-0.2, -0.15) is 0 Å². The van der Waals surface area contributed by atoms with E-state index in [2.05, 4.69) is 23.2 Å². The van der Waals surface area contributed by atoms with Crippen LogP contribution in [0.3, 0.4) is 0 Å². The van der Waals surface area contributed by atoms with E-state index in [1.165, 1.54) is 19.1 Å². The minimum Gasteiger partial charge on any atom is -0.508 e. The predicted octanol–water partition coefficient (Wildman–Crippen LogP) is 3.15. The number of methoxy groups -OCH3 is 1. The Balaban J connectivity index is 1.81. The Hall–Kier alpha value is -2.01. The normalized spacial score (nSPS) is 34.8. The molecule has 0 aromatic heterocycles. The van der Waals surface area contributed by atoms with Gasteiger partial charge in [0.25, 0.3) is 0 Å². The number of nitrogens with zero attached hydrogens (tertiary/aromatic N) is 1. The first kappa shape index (κ1) is 16.2. The maximum absolute atomic E-state index is 12.7. The topological polar surface area (TPSA) is 61.8 Å². The molecule has 1 aromatic rings. The lowest BCUT2D eigenvalue weighted by Gasteiger charge is -2.56. The quantitative estimate of drug-likeness (QED) is 0.799. The molecular formula is C21H26N2O3. The number of piperidine rings is 1. The average molecular weight is 354 g/mol. The summed E-state index contributed by atoms with van der Waals surface area (Å²) in [7, 11) is 1.48. The van der Waals surface area contributed by atoms with Gasteiger partial charge in [-0.25, -0.2) is 4.79 Å². The van der Waals surface area contributed by atoms with E-state index in [9.17, 15) is 9.90 Å². The lowest BCUT2D eigenvalue weighted by Crippen LogP contribution is -2.59. The molecule has 2 fully saturated rings. The van der Waals surface area contributed by atoms with Gasteiger partial charge in [-0.3, -0.25) is 4.90 Å². The molecule has 138 valence electrons. The monoisotopic (exact) mass is 354 g/mol. The first-order valence-electron chi connectivity index (χ1n) is 9.72. The van der Waals surface area contributed by atoms with Crippen molar-refractivity contribution >= 4 is 11.7 Å². The molecule has 5 heteroatoms. The largest absolute Gasteiger partial charge is 0.508 e. The van der Waals surface area contributed by atoms with Crippen LogP contribution in [-0.4, -0.2) is 42.2 Å². The molecule has 3 heterocycles. The summed E-state index contributed by atoms with van der Waals surface area (Å²) in [6.45, 7) is 4.48. The van der Waals surface area contributed by atoms with Crippen molar-refractivity contribution in [2.45, 2.75) is 50.5 Å². The number of hydrogen-bond donors (Lipinski definition) is 2. The van der Waals surface area contributed by atoms with Crippen molar-refractivity contribution in [2.24, 2.45) is 5.41 Å². The van der Waals surface area contributed by atoms with Crippen molar-refractivity contribution in [3.63, 3.8) is 0 Å². The van der Waals surface area contributed by atoms with Crippen LogP contribution in [0, 0.1) is 5.41 Å². The number of aromatic hydroxyl groups is 1. The van der Waals surface area contributed by atoms with Crippen LogP contribution in [0.5, 0.6) is 5.75 Å². The molecule has 3 aliphatic heterocycles. The number of carbonyl (C=O) groups is 1. The number of phenols is 1. The van der Waals surface area contributed by atoms with E-state index >= 15 is 0 Å². The number of phenolic OH excluding ortho intramolecular Hbond substituents is 1. The minimum absolute atomic E-state index is 0.114. The summed E-state index contributed by atoms with van der Waals surface area (Å²) in [6.07, 6.45) is 5.21. The molecular weight excluding hydrogens is 328 g/mol. The van der Waals surface area contributed by atoms with Gasteiger partial charge in [0.2, 0.25) is 0 Å². The lowest BCUT2D eigenvalue weighted by molar-refractivity contribution is -0.137. The van der Waals surface area contributed by atoms with E-state index in [4.69, 9.17) is 4.74 Å². The van der Waals surface area contributed by atoms with Gasteiger partial charge in [-0.15, -0.1) is 0 Å². The SMILES string of the molecule is CC[C@]12CCCN3CC[C@]4(C(=C(C(=O)OC)C1)Nc1cc(O)ccc14)[C@@H]32. The zero-order valence-electron chi connectivity index (χ0n) is 15.5. The van der Waals surface area contributed by atoms with Crippen LogP contribution in [0.1, 0.15) is 44.6 Å². The molecule has 5 rings (SSSR count). The van der Waals surface area contributed by atoms with Gasteiger partial charge in [0.05, 0.1) is 18.1 Å². The Labute approximate surface area is 154 Å². The Bertz CT molecular complexity index is 833. The fraction of sp³-hybridized carbons (Fsp3) is 0.571. The highest BCUT2D eigenvalue weighted by Gasteiger charge is 2.66. The predicted molar refractivity (Wildman–Crippen MR) is 99.0 cm³/mol. The highest BCUT2D eigenvalue weighted by Crippen LogP contribution is 2.65. The fourth-order valence-electron chi connectivity index (χ4n) is 6.53. The molecule has 2 N–H and O–H groups in total. The number of fused-ring (bicyclic) bond motifs is 1. The molecule has 1 spiro atoms. The van der Waals surface area contributed by atoms with Crippen molar-refractivity contribution in [3.8, 4) is 5.75 Å². The molecule has 0 radical (unpaired) electrons. The van der Waals surface area contributed by atoms with Crippen LogP contribution >= 0.6 is 0 Å². The summed E-state index contributed by atoms with van der Waals surface area (Å²) in [5.74, 6) is 0.0472. The first-order chi connectivity index (χ1) is 12.6. The van der Waals surface area contributed by atoms with Crippen LogP contribution in [0.15, 0.2) is 29.5 Å². The number of esters is 1. The zero-order valence-corrected chi connectivity index (χ0v) is 15.5. The third-order valence-electron chi connectivity index (χ3n) is 7.48. The fourth-order valence-corrected chi connectivity index (χ4v) is 6.53. The van der Waals surface area contributed by atoms with E-state index in [1.807, 2.05) is 0 Å².